The van der Waals surface area contributed by atoms with Gasteiger partial charge in [0.2, 0.25) is 5.91 Å². The fourth-order valence-electron chi connectivity index (χ4n) is 4.42. The molecule has 27 heavy (non-hydrogen) atoms. The number of piperidine rings is 1. The van der Waals surface area contributed by atoms with Crippen LogP contribution in [0.1, 0.15) is 57.2 Å². The van der Waals surface area contributed by atoms with Crippen LogP contribution in [0.25, 0.3) is 11.5 Å². The topological polar surface area (TPSA) is 72.1 Å². The SMILES string of the molecule is O=C(CC1CCCC1)N1CCCC(CCc2noc(-c3ccncc3)n2)C1. The molecule has 0 spiro atoms. The van der Waals surface area contributed by atoms with E-state index in [4.69, 9.17) is 4.52 Å². The van der Waals surface area contributed by atoms with Crippen LogP contribution in [0.4, 0.5) is 0 Å². The van der Waals surface area contributed by atoms with Crippen LogP contribution in [0.15, 0.2) is 29.0 Å². The average Bonchev–Trinajstić information content (AvgIpc) is 3.39. The highest BCUT2D eigenvalue weighted by atomic mass is 16.5. The molecule has 0 aromatic carbocycles. The summed E-state index contributed by atoms with van der Waals surface area (Å²) in [5.74, 6) is 2.82. The van der Waals surface area contributed by atoms with E-state index in [9.17, 15) is 4.79 Å². The van der Waals surface area contributed by atoms with Gasteiger partial charge in [-0.1, -0.05) is 18.0 Å². The molecule has 1 aliphatic carbocycles. The zero-order chi connectivity index (χ0) is 18.5. The Morgan fingerprint density at radius 1 is 1.11 bits per heavy atom. The highest BCUT2D eigenvalue weighted by molar-refractivity contribution is 5.76. The highest BCUT2D eigenvalue weighted by Crippen LogP contribution is 2.29. The molecule has 1 saturated carbocycles. The zero-order valence-corrected chi connectivity index (χ0v) is 15.8. The van der Waals surface area contributed by atoms with Gasteiger partial charge in [0.15, 0.2) is 5.82 Å². The molecule has 0 radical (unpaired) electrons. The maximum Gasteiger partial charge on any atom is 0.258 e. The van der Waals surface area contributed by atoms with Crippen LogP contribution in [0.2, 0.25) is 0 Å². The minimum Gasteiger partial charge on any atom is -0.342 e. The van der Waals surface area contributed by atoms with E-state index >= 15 is 0 Å². The van der Waals surface area contributed by atoms with Gasteiger partial charge in [-0.3, -0.25) is 9.78 Å². The lowest BCUT2D eigenvalue weighted by atomic mass is 9.92. The van der Waals surface area contributed by atoms with Crippen LogP contribution < -0.4 is 0 Å². The first-order valence-electron chi connectivity index (χ1n) is 10.3. The Kier molecular flexibility index (Phi) is 5.80. The first-order valence-corrected chi connectivity index (χ1v) is 10.3. The summed E-state index contributed by atoms with van der Waals surface area (Å²) in [4.78, 5) is 23.2. The van der Waals surface area contributed by atoms with Gasteiger partial charge in [-0.05, 0) is 56.1 Å². The van der Waals surface area contributed by atoms with Gasteiger partial charge in [0, 0.05) is 43.9 Å². The number of amides is 1. The summed E-state index contributed by atoms with van der Waals surface area (Å²) >= 11 is 0. The van der Waals surface area contributed by atoms with Crippen LogP contribution in [-0.2, 0) is 11.2 Å². The van der Waals surface area contributed by atoms with Crippen molar-refractivity contribution in [3.05, 3.63) is 30.4 Å². The third-order valence-electron chi connectivity index (χ3n) is 5.98. The molecule has 1 unspecified atom stereocenters. The minimum absolute atomic E-state index is 0.367. The summed E-state index contributed by atoms with van der Waals surface area (Å²) in [7, 11) is 0. The first kappa shape index (κ1) is 18.1. The molecule has 1 atom stereocenters. The number of hydrogen-bond acceptors (Lipinski definition) is 5. The van der Waals surface area contributed by atoms with Crippen LogP contribution in [0, 0.1) is 11.8 Å². The van der Waals surface area contributed by atoms with E-state index in [0.717, 1.165) is 50.2 Å². The minimum atomic E-state index is 0.367. The van der Waals surface area contributed by atoms with Crippen molar-refractivity contribution < 1.29 is 9.32 Å². The molecule has 0 N–H and O–H groups in total. The van der Waals surface area contributed by atoms with Crippen molar-refractivity contribution in [2.24, 2.45) is 11.8 Å². The lowest BCUT2D eigenvalue weighted by Crippen LogP contribution is -2.40. The van der Waals surface area contributed by atoms with Gasteiger partial charge in [-0.15, -0.1) is 0 Å². The Bertz CT molecular complexity index is 740. The van der Waals surface area contributed by atoms with E-state index in [1.165, 1.54) is 32.1 Å². The van der Waals surface area contributed by atoms with E-state index in [1.807, 2.05) is 12.1 Å². The maximum atomic E-state index is 12.6. The van der Waals surface area contributed by atoms with E-state index in [0.29, 0.717) is 23.6 Å². The fraction of sp³-hybridized carbons (Fsp3) is 0.619. The van der Waals surface area contributed by atoms with Gasteiger partial charge in [0.1, 0.15) is 0 Å². The van der Waals surface area contributed by atoms with Crippen molar-refractivity contribution in [1.29, 1.82) is 0 Å². The van der Waals surface area contributed by atoms with E-state index in [-0.39, 0.29) is 0 Å². The van der Waals surface area contributed by atoms with Gasteiger partial charge in [0.25, 0.3) is 5.89 Å². The molecule has 6 heteroatoms. The average molecular weight is 368 g/mol. The Labute approximate surface area is 160 Å². The second-order valence-corrected chi connectivity index (χ2v) is 7.99. The number of carbonyl (C=O) groups excluding carboxylic acids is 1. The zero-order valence-electron chi connectivity index (χ0n) is 15.8. The molecule has 2 aromatic rings. The third kappa shape index (κ3) is 4.73. The molecular formula is C21H28N4O2. The Morgan fingerprint density at radius 2 is 1.89 bits per heavy atom. The van der Waals surface area contributed by atoms with Crippen molar-refractivity contribution >= 4 is 5.91 Å². The van der Waals surface area contributed by atoms with Crippen molar-refractivity contribution in [3.8, 4) is 11.5 Å². The lowest BCUT2D eigenvalue weighted by Gasteiger charge is -2.33. The van der Waals surface area contributed by atoms with Crippen LogP contribution in [0.3, 0.4) is 0 Å². The molecule has 1 amide bonds. The molecule has 6 nitrogen and oxygen atoms in total. The summed E-state index contributed by atoms with van der Waals surface area (Å²) in [5, 5.41) is 4.11. The molecule has 2 aromatic heterocycles. The lowest BCUT2D eigenvalue weighted by molar-refractivity contribution is -0.134. The standard InChI is InChI=1S/C21H28N4O2/c26-20(14-16-4-1-2-5-16)25-13-3-6-17(15-25)7-8-19-23-21(27-24-19)18-9-11-22-12-10-18/h9-12,16-17H,1-8,13-15H2. The van der Waals surface area contributed by atoms with Crippen molar-refractivity contribution in [2.75, 3.05) is 13.1 Å². The second kappa shape index (κ2) is 8.63. The van der Waals surface area contributed by atoms with Crippen molar-refractivity contribution in [2.45, 2.75) is 57.8 Å². The fourth-order valence-corrected chi connectivity index (χ4v) is 4.42. The largest absolute Gasteiger partial charge is 0.342 e. The molecular weight excluding hydrogens is 340 g/mol. The van der Waals surface area contributed by atoms with Gasteiger partial charge in [-0.25, -0.2) is 0 Å². The second-order valence-electron chi connectivity index (χ2n) is 7.99. The van der Waals surface area contributed by atoms with Crippen molar-refractivity contribution in [1.82, 2.24) is 20.0 Å². The van der Waals surface area contributed by atoms with E-state index in [2.05, 4.69) is 20.0 Å². The number of likely N-dealkylation sites (tertiary alicyclic amines) is 1. The monoisotopic (exact) mass is 368 g/mol. The van der Waals surface area contributed by atoms with Gasteiger partial charge >= 0.3 is 0 Å². The van der Waals surface area contributed by atoms with Gasteiger partial charge < -0.3 is 9.42 Å². The normalized spacial score (nSPS) is 20.9. The predicted octanol–water partition coefficient (Wildman–Crippen LogP) is 3.88. The maximum absolute atomic E-state index is 12.6. The van der Waals surface area contributed by atoms with Crippen molar-refractivity contribution in [3.63, 3.8) is 0 Å². The summed E-state index contributed by atoms with van der Waals surface area (Å²) < 4.78 is 5.37. The Balaban J connectivity index is 1.27. The quantitative estimate of drug-likeness (QED) is 0.774. The number of aryl methyl sites for hydroxylation is 1. The summed E-state index contributed by atoms with van der Waals surface area (Å²) in [5.41, 5.74) is 0.894. The summed E-state index contributed by atoms with van der Waals surface area (Å²) in [6.45, 7) is 1.82. The Morgan fingerprint density at radius 3 is 2.70 bits per heavy atom. The first-order chi connectivity index (χ1) is 13.3. The summed E-state index contributed by atoms with van der Waals surface area (Å²) in [6.07, 6.45) is 13.4. The predicted molar refractivity (Wildman–Crippen MR) is 102 cm³/mol. The molecule has 2 aliphatic rings. The molecule has 1 saturated heterocycles. The molecule has 1 aliphatic heterocycles. The number of carbonyl (C=O) groups is 1. The molecule has 3 heterocycles. The third-order valence-corrected chi connectivity index (χ3v) is 5.98. The van der Waals surface area contributed by atoms with E-state index in [1.54, 1.807) is 12.4 Å². The van der Waals surface area contributed by atoms with Crippen LogP contribution >= 0.6 is 0 Å². The number of hydrogen-bond donors (Lipinski definition) is 0. The molecule has 2 fully saturated rings. The molecule has 0 bridgehead atoms. The summed E-state index contributed by atoms with van der Waals surface area (Å²) in [6, 6.07) is 3.73. The Hall–Kier alpha value is -2.24. The number of rotatable bonds is 6. The smallest absolute Gasteiger partial charge is 0.258 e. The van der Waals surface area contributed by atoms with Gasteiger partial charge in [-0.2, -0.15) is 4.98 Å². The van der Waals surface area contributed by atoms with E-state index < -0.39 is 0 Å². The van der Waals surface area contributed by atoms with Crippen LogP contribution in [0.5, 0.6) is 0 Å². The number of pyridine rings is 1. The molecule has 144 valence electrons. The van der Waals surface area contributed by atoms with Gasteiger partial charge in [0.05, 0.1) is 0 Å². The number of nitrogens with zero attached hydrogens (tertiary/aromatic N) is 4. The highest BCUT2D eigenvalue weighted by Gasteiger charge is 2.26. The van der Waals surface area contributed by atoms with Crippen LogP contribution in [-0.4, -0.2) is 39.0 Å². The molecule has 4 rings (SSSR count). The number of aromatic nitrogens is 3.